The summed E-state index contributed by atoms with van der Waals surface area (Å²) in [5, 5.41) is 17.0. The lowest BCUT2D eigenvalue weighted by atomic mass is 10.1. The molecule has 1 rings (SSSR count). The largest absolute Gasteiger partial charge is 0.481 e. The first-order valence-corrected chi connectivity index (χ1v) is 5.17. The van der Waals surface area contributed by atoms with Crippen molar-refractivity contribution in [3.8, 4) is 0 Å². The SMILES string of the molecule is CC(CCC(=O)O)CNC(=O)c1nc(N)n[nH]1. The number of anilines is 1. The van der Waals surface area contributed by atoms with E-state index in [0.717, 1.165) is 0 Å². The topological polar surface area (TPSA) is 134 Å². The highest BCUT2D eigenvalue weighted by atomic mass is 16.4. The summed E-state index contributed by atoms with van der Waals surface area (Å²) >= 11 is 0. The van der Waals surface area contributed by atoms with E-state index < -0.39 is 11.9 Å². The Labute approximate surface area is 97.6 Å². The monoisotopic (exact) mass is 241 g/mol. The molecule has 8 nitrogen and oxygen atoms in total. The van der Waals surface area contributed by atoms with Crippen molar-refractivity contribution >= 4 is 17.8 Å². The summed E-state index contributed by atoms with van der Waals surface area (Å²) in [5.74, 6) is -1.11. The molecule has 94 valence electrons. The lowest BCUT2D eigenvalue weighted by Crippen LogP contribution is -2.29. The minimum absolute atomic E-state index is 0.00840. The third-order valence-electron chi connectivity index (χ3n) is 2.18. The summed E-state index contributed by atoms with van der Waals surface area (Å²) in [4.78, 5) is 25.5. The summed E-state index contributed by atoms with van der Waals surface area (Å²) in [6.45, 7) is 2.24. The molecule has 0 bridgehead atoms. The molecule has 1 unspecified atom stereocenters. The fourth-order valence-corrected chi connectivity index (χ4v) is 1.20. The van der Waals surface area contributed by atoms with E-state index in [9.17, 15) is 9.59 Å². The average Bonchev–Trinajstić information content (AvgIpc) is 2.70. The number of nitrogens with one attached hydrogen (secondary N) is 2. The van der Waals surface area contributed by atoms with Crippen LogP contribution in [0.5, 0.6) is 0 Å². The van der Waals surface area contributed by atoms with E-state index in [-0.39, 0.29) is 24.1 Å². The van der Waals surface area contributed by atoms with Crippen molar-refractivity contribution in [1.29, 1.82) is 0 Å². The van der Waals surface area contributed by atoms with Gasteiger partial charge in [-0.15, -0.1) is 5.10 Å². The second-order valence-corrected chi connectivity index (χ2v) is 3.79. The third-order valence-corrected chi connectivity index (χ3v) is 2.18. The van der Waals surface area contributed by atoms with Gasteiger partial charge in [-0.05, 0) is 12.3 Å². The number of carboxylic acid groups (broad SMARTS) is 1. The fourth-order valence-electron chi connectivity index (χ4n) is 1.20. The van der Waals surface area contributed by atoms with E-state index in [1.54, 1.807) is 0 Å². The first-order chi connectivity index (χ1) is 7.99. The number of hydrogen-bond acceptors (Lipinski definition) is 5. The zero-order valence-corrected chi connectivity index (χ0v) is 9.43. The number of hydrogen-bond donors (Lipinski definition) is 4. The van der Waals surface area contributed by atoms with E-state index in [1.807, 2.05) is 6.92 Å². The normalized spacial score (nSPS) is 12.1. The molecule has 1 heterocycles. The van der Waals surface area contributed by atoms with Gasteiger partial charge in [-0.25, -0.2) is 0 Å². The van der Waals surface area contributed by atoms with Crippen molar-refractivity contribution in [1.82, 2.24) is 20.5 Å². The van der Waals surface area contributed by atoms with E-state index in [0.29, 0.717) is 13.0 Å². The van der Waals surface area contributed by atoms with E-state index in [1.165, 1.54) is 0 Å². The third kappa shape index (κ3) is 4.49. The molecule has 0 radical (unpaired) electrons. The number of carbonyl (C=O) groups excluding carboxylic acids is 1. The number of aromatic nitrogens is 3. The quantitative estimate of drug-likeness (QED) is 0.536. The van der Waals surface area contributed by atoms with Crippen LogP contribution in [0, 0.1) is 5.92 Å². The van der Waals surface area contributed by atoms with Crippen molar-refractivity contribution in [3.05, 3.63) is 5.82 Å². The number of H-pyrrole nitrogens is 1. The first-order valence-electron chi connectivity index (χ1n) is 5.17. The fraction of sp³-hybridized carbons (Fsp3) is 0.556. The lowest BCUT2D eigenvalue weighted by molar-refractivity contribution is -0.137. The van der Waals surface area contributed by atoms with Gasteiger partial charge in [0, 0.05) is 13.0 Å². The Hall–Kier alpha value is -2.12. The Kier molecular flexibility index (Phi) is 4.44. The number of amides is 1. The maximum absolute atomic E-state index is 11.5. The van der Waals surface area contributed by atoms with Gasteiger partial charge in [0.05, 0.1) is 0 Å². The minimum atomic E-state index is -0.841. The standard InChI is InChI=1S/C9H15N5O3/c1-5(2-3-6(15)16)4-11-8(17)7-12-9(10)14-13-7/h5H,2-4H2,1H3,(H,11,17)(H,15,16)(H3,10,12,13,14). The van der Waals surface area contributed by atoms with Gasteiger partial charge < -0.3 is 16.2 Å². The van der Waals surface area contributed by atoms with Gasteiger partial charge in [0.2, 0.25) is 11.8 Å². The second kappa shape index (κ2) is 5.83. The van der Waals surface area contributed by atoms with Crippen LogP contribution in [0.15, 0.2) is 0 Å². The predicted octanol–water partition coefficient (Wildman–Crippen LogP) is -0.382. The zero-order valence-electron chi connectivity index (χ0n) is 9.43. The Morgan fingerprint density at radius 1 is 1.59 bits per heavy atom. The van der Waals surface area contributed by atoms with E-state index >= 15 is 0 Å². The molecule has 1 aromatic heterocycles. The van der Waals surface area contributed by atoms with Crippen LogP contribution in [0.1, 0.15) is 30.4 Å². The molecule has 1 aromatic rings. The maximum Gasteiger partial charge on any atom is 0.303 e. The molecule has 0 spiro atoms. The molecule has 1 atom stereocenters. The van der Waals surface area contributed by atoms with Crippen LogP contribution in [-0.4, -0.2) is 38.7 Å². The average molecular weight is 241 g/mol. The van der Waals surface area contributed by atoms with Crippen LogP contribution in [0.2, 0.25) is 0 Å². The lowest BCUT2D eigenvalue weighted by Gasteiger charge is -2.10. The van der Waals surface area contributed by atoms with Gasteiger partial charge in [-0.1, -0.05) is 6.92 Å². The van der Waals surface area contributed by atoms with Crippen LogP contribution in [0.4, 0.5) is 5.95 Å². The van der Waals surface area contributed by atoms with Crippen LogP contribution in [0.3, 0.4) is 0 Å². The van der Waals surface area contributed by atoms with Crippen LogP contribution in [-0.2, 0) is 4.79 Å². The molecule has 5 N–H and O–H groups in total. The summed E-state index contributed by atoms with van der Waals surface area (Å²) < 4.78 is 0. The summed E-state index contributed by atoms with van der Waals surface area (Å²) in [5.41, 5.74) is 5.25. The van der Waals surface area contributed by atoms with Crippen molar-refractivity contribution in [2.45, 2.75) is 19.8 Å². The molecular formula is C9H15N5O3. The highest BCUT2D eigenvalue weighted by Gasteiger charge is 2.12. The summed E-state index contributed by atoms with van der Waals surface area (Å²) in [6.07, 6.45) is 0.598. The molecule has 0 aliphatic carbocycles. The molecule has 0 saturated carbocycles. The Bertz CT molecular complexity index is 403. The molecule has 0 aliphatic rings. The van der Waals surface area contributed by atoms with Crippen LogP contribution >= 0.6 is 0 Å². The van der Waals surface area contributed by atoms with Gasteiger partial charge in [-0.3, -0.25) is 14.7 Å². The second-order valence-electron chi connectivity index (χ2n) is 3.79. The number of carbonyl (C=O) groups is 2. The first kappa shape index (κ1) is 12.9. The highest BCUT2D eigenvalue weighted by molar-refractivity contribution is 5.90. The van der Waals surface area contributed by atoms with Crippen LogP contribution in [0.25, 0.3) is 0 Å². The number of carboxylic acids is 1. The number of rotatable bonds is 6. The van der Waals surface area contributed by atoms with Gasteiger partial charge in [0.15, 0.2) is 0 Å². The number of nitrogens with zero attached hydrogens (tertiary/aromatic N) is 2. The maximum atomic E-state index is 11.5. The molecule has 0 fully saturated rings. The van der Waals surface area contributed by atoms with Crippen molar-refractivity contribution in [2.24, 2.45) is 5.92 Å². The molecule has 17 heavy (non-hydrogen) atoms. The molecule has 0 aliphatic heterocycles. The Balaban J connectivity index is 2.30. The van der Waals surface area contributed by atoms with Gasteiger partial charge in [0.1, 0.15) is 0 Å². The Morgan fingerprint density at radius 3 is 2.82 bits per heavy atom. The van der Waals surface area contributed by atoms with Gasteiger partial charge in [-0.2, -0.15) is 4.98 Å². The number of aromatic amines is 1. The van der Waals surface area contributed by atoms with Crippen molar-refractivity contribution in [3.63, 3.8) is 0 Å². The van der Waals surface area contributed by atoms with Crippen molar-refractivity contribution in [2.75, 3.05) is 12.3 Å². The molecule has 0 aromatic carbocycles. The number of nitrogens with two attached hydrogens (primary N) is 1. The van der Waals surface area contributed by atoms with Crippen LogP contribution < -0.4 is 11.1 Å². The van der Waals surface area contributed by atoms with Gasteiger partial charge in [0.25, 0.3) is 5.91 Å². The smallest absolute Gasteiger partial charge is 0.303 e. The summed E-state index contributed by atoms with van der Waals surface area (Å²) in [7, 11) is 0. The van der Waals surface area contributed by atoms with Gasteiger partial charge >= 0.3 is 5.97 Å². The zero-order chi connectivity index (χ0) is 12.8. The predicted molar refractivity (Wildman–Crippen MR) is 59.2 cm³/mol. The molecule has 1 amide bonds. The van der Waals surface area contributed by atoms with E-state index in [2.05, 4.69) is 20.5 Å². The van der Waals surface area contributed by atoms with Crippen molar-refractivity contribution < 1.29 is 14.7 Å². The number of nitrogen functional groups attached to an aromatic ring is 1. The number of aliphatic carboxylic acids is 1. The molecular weight excluding hydrogens is 226 g/mol. The Morgan fingerprint density at radius 2 is 2.29 bits per heavy atom. The summed E-state index contributed by atoms with van der Waals surface area (Å²) in [6, 6.07) is 0. The molecule has 0 saturated heterocycles. The van der Waals surface area contributed by atoms with E-state index in [4.69, 9.17) is 10.8 Å². The molecule has 8 heteroatoms. The highest BCUT2D eigenvalue weighted by Crippen LogP contribution is 2.04. The minimum Gasteiger partial charge on any atom is -0.481 e.